The Balaban J connectivity index is 2.46. The Morgan fingerprint density at radius 3 is 2.89 bits per heavy atom. The maximum absolute atomic E-state index is 11.9. The Hall–Kier alpha value is -1.36. The summed E-state index contributed by atoms with van der Waals surface area (Å²) in [7, 11) is 1.83. The first kappa shape index (κ1) is 14.7. The molecule has 18 heavy (non-hydrogen) atoms. The molecule has 0 spiro atoms. The van der Waals surface area contributed by atoms with Gasteiger partial charge in [-0.25, -0.2) is 4.98 Å². The van der Waals surface area contributed by atoms with Gasteiger partial charge < -0.3 is 14.8 Å². The minimum atomic E-state index is 0.112. The number of rotatable bonds is 7. The molecule has 5 heteroatoms. The monoisotopic (exact) mass is 252 g/mol. The van der Waals surface area contributed by atoms with E-state index < -0.39 is 0 Å². The van der Waals surface area contributed by atoms with Gasteiger partial charge in [-0.3, -0.25) is 4.79 Å². The topological polar surface area (TPSA) is 50.2 Å². The molecule has 0 bridgehead atoms. The number of amides is 1. The molecule has 1 heterocycles. The molecule has 0 aliphatic carbocycles. The van der Waals surface area contributed by atoms with E-state index in [0.717, 1.165) is 25.2 Å². The highest BCUT2D eigenvalue weighted by Crippen LogP contribution is 2.00. The van der Waals surface area contributed by atoms with E-state index in [1.54, 1.807) is 11.2 Å². The second-order valence-corrected chi connectivity index (χ2v) is 4.74. The standard InChI is InChI=1S/C13H24N4O/c1-5-14-7-6-12-8-17(10-15-12)9-13(18)16(4)11(2)3/h8,10-11,14H,5-7,9H2,1-4H3. The minimum Gasteiger partial charge on any atom is -0.342 e. The van der Waals surface area contributed by atoms with Crippen molar-refractivity contribution in [3.05, 3.63) is 18.2 Å². The quantitative estimate of drug-likeness (QED) is 0.734. The first-order chi connectivity index (χ1) is 8.54. The van der Waals surface area contributed by atoms with Crippen molar-refractivity contribution in [2.75, 3.05) is 20.1 Å². The van der Waals surface area contributed by atoms with Crippen molar-refractivity contribution in [3.8, 4) is 0 Å². The Morgan fingerprint density at radius 2 is 2.28 bits per heavy atom. The van der Waals surface area contributed by atoms with Gasteiger partial charge in [-0.05, 0) is 20.4 Å². The number of nitrogens with zero attached hydrogens (tertiary/aromatic N) is 3. The fraction of sp³-hybridized carbons (Fsp3) is 0.692. The summed E-state index contributed by atoms with van der Waals surface area (Å²) in [4.78, 5) is 17.9. The normalized spacial score (nSPS) is 10.9. The van der Waals surface area contributed by atoms with Gasteiger partial charge in [0.05, 0.1) is 12.0 Å². The molecule has 0 aromatic carbocycles. The Bertz CT molecular complexity index is 373. The minimum absolute atomic E-state index is 0.112. The molecule has 0 aliphatic heterocycles. The number of carbonyl (C=O) groups is 1. The number of hydrogen-bond acceptors (Lipinski definition) is 3. The van der Waals surface area contributed by atoms with Crippen LogP contribution in [0.1, 0.15) is 26.5 Å². The van der Waals surface area contributed by atoms with Crippen molar-refractivity contribution in [1.29, 1.82) is 0 Å². The lowest BCUT2D eigenvalue weighted by Crippen LogP contribution is -2.35. The highest BCUT2D eigenvalue weighted by Gasteiger charge is 2.12. The van der Waals surface area contributed by atoms with E-state index in [-0.39, 0.29) is 11.9 Å². The number of nitrogens with one attached hydrogen (secondary N) is 1. The zero-order valence-electron chi connectivity index (χ0n) is 11.8. The number of hydrogen-bond donors (Lipinski definition) is 1. The molecule has 0 unspecified atom stereocenters. The highest BCUT2D eigenvalue weighted by molar-refractivity contribution is 5.75. The van der Waals surface area contributed by atoms with Gasteiger partial charge in [0.25, 0.3) is 0 Å². The van der Waals surface area contributed by atoms with Crippen molar-refractivity contribution in [3.63, 3.8) is 0 Å². The molecule has 102 valence electrons. The van der Waals surface area contributed by atoms with Crippen LogP contribution in [-0.2, 0) is 17.8 Å². The van der Waals surface area contributed by atoms with Crippen LogP contribution in [0.15, 0.2) is 12.5 Å². The number of carbonyl (C=O) groups excluding carboxylic acids is 1. The van der Waals surface area contributed by atoms with Gasteiger partial charge in [0.1, 0.15) is 6.54 Å². The summed E-state index contributed by atoms with van der Waals surface area (Å²) in [5.41, 5.74) is 1.02. The molecule has 5 nitrogen and oxygen atoms in total. The van der Waals surface area contributed by atoms with E-state index in [0.29, 0.717) is 6.54 Å². The van der Waals surface area contributed by atoms with E-state index in [4.69, 9.17) is 0 Å². The van der Waals surface area contributed by atoms with Crippen molar-refractivity contribution in [2.24, 2.45) is 0 Å². The summed E-state index contributed by atoms with van der Waals surface area (Å²) < 4.78 is 1.85. The van der Waals surface area contributed by atoms with Crippen LogP contribution in [0.25, 0.3) is 0 Å². The van der Waals surface area contributed by atoms with Crippen LogP contribution >= 0.6 is 0 Å². The fourth-order valence-electron chi connectivity index (χ4n) is 1.57. The summed E-state index contributed by atoms with van der Waals surface area (Å²) in [6.45, 7) is 8.36. The number of likely N-dealkylation sites (N-methyl/N-ethyl adjacent to an activating group) is 2. The molecule has 0 fully saturated rings. The summed E-state index contributed by atoms with van der Waals surface area (Å²) in [5.74, 6) is 0.112. The van der Waals surface area contributed by atoms with E-state index >= 15 is 0 Å². The third kappa shape index (κ3) is 4.49. The van der Waals surface area contributed by atoms with Gasteiger partial charge in [0.2, 0.25) is 5.91 Å². The molecule has 1 N–H and O–H groups in total. The van der Waals surface area contributed by atoms with E-state index in [9.17, 15) is 4.79 Å². The molecule has 0 saturated carbocycles. The van der Waals surface area contributed by atoms with Crippen molar-refractivity contribution in [1.82, 2.24) is 19.8 Å². The SMILES string of the molecule is CCNCCc1cn(CC(=O)N(C)C(C)C)cn1. The second kappa shape index (κ2) is 7.16. The summed E-state index contributed by atoms with van der Waals surface area (Å²) in [6.07, 6.45) is 4.58. The van der Waals surface area contributed by atoms with Crippen LogP contribution in [0.5, 0.6) is 0 Å². The zero-order chi connectivity index (χ0) is 13.5. The molecule has 0 atom stereocenters. The molecular formula is C13H24N4O. The van der Waals surface area contributed by atoms with E-state index in [1.165, 1.54) is 0 Å². The van der Waals surface area contributed by atoms with Crippen molar-refractivity contribution < 1.29 is 4.79 Å². The zero-order valence-corrected chi connectivity index (χ0v) is 11.8. The van der Waals surface area contributed by atoms with Gasteiger partial charge >= 0.3 is 0 Å². The van der Waals surface area contributed by atoms with Gasteiger partial charge in [-0.1, -0.05) is 6.92 Å². The van der Waals surface area contributed by atoms with Crippen LogP contribution in [-0.4, -0.2) is 46.5 Å². The van der Waals surface area contributed by atoms with E-state index in [2.05, 4.69) is 17.2 Å². The van der Waals surface area contributed by atoms with Crippen molar-refractivity contribution >= 4 is 5.91 Å². The maximum atomic E-state index is 11.9. The smallest absolute Gasteiger partial charge is 0.242 e. The fourth-order valence-corrected chi connectivity index (χ4v) is 1.57. The lowest BCUT2D eigenvalue weighted by molar-refractivity contribution is -0.131. The Morgan fingerprint density at radius 1 is 1.56 bits per heavy atom. The molecule has 0 radical (unpaired) electrons. The third-order valence-corrected chi connectivity index (χ3v) is 2.98. The highest BCUT2D eigenvalue weighted by atomic mass is 16.2. The first-order valence-corrected chi connectivity index (χ1v) is 6.51. The van der Waals surface area contributed by atoms with Crippen LogP contribution in [0.4, 0.5) is 0 Å². The third-order valence-electron chi connectivity index (χ3n) is 2.98. The average molecular weight is 252 g/mol. The summed E-state index contributed by atoms with van der Waals surface area (Å²) in [6, 6.07) is 0.231. The number of imidazole rings is 1. The molecule has 1 aromatic rings. The molecule has 1 amide bonds. The van der Waals surface area contributed by atoms with Gasteiger partial charge in [-0.15, -0.1) is 0 Å². The summed E-state index contributed by atoms with van der Waals surface area (Å²) >= 11 is 0. The molecule has 1 rings (SSSR count). The Kier molecular flexibility index (Phi) is 5.85. The van der Waals surface area contributed by atoms with Crippen molar-refractivity contribution in [2.45, 2.75) is 39.8 Å². The van der Waals surface area contributed by atoms with E-state index in [1.807, 2.05) is 31.7 Å². The van der Waals surface area contributed by atoms with Gasteiger partial charge in [0.15, 0.2) is 0 Å². The number of aromatic nitrogens is 2. The maximum Gasteiger partial charge on any atom is 0.242 e. The van der Waals surface area contributed by atoms with Crippen LogP contribution in [0, 0.1) is 0 Å². The first-order valence-electron chi connectivity index (χ1n) is 6.51. The molecule has 1 aromatic heterocycles. The lowest BCUT2D eigenvalue weighted by atomic mass is 10.3. The van der Waals surface area contributed by atoms with Crippen LogP contribution in [0.2, 0.25) is 0 Å². The van der Waals surface area contributed by atoms with Crippen LogP contribution < -0.4 is 5.32 Å². The lowest BCUT2D eigenvalue weighted by Gasteiger charge is -2.21. The average Bonchev–Trinajstić information content (AvgIpc) is 2.76. The predicted molar refractivity (Wildman–Crippen MR) is 72.4 cm³/mol. The predicted octanol–water partition coefficient (Wildman–Crippen LogP) is 0.902. The second-order valence-electron chi connectivity index (χ2n) is 4.74. The molecule has 0 saturated heterocycles. The largest absolute Gasteiger partial charge is 0.342 e. The Labute approximate surface area is 109 Å². The van der Waals surface area contributed by atoms with Gasteiger partial charge in [-0.2, -0.15) is 0 Å². The molecular weight excluding hydrogens is 228 g/mol. The summed E-state index contributed by atoms with van der Waals surface area (Å²) in [5, 5.41) is 3.26. The van der Waals surface area contributed by atoms with Gasteiger partial charge in [0, 0.05) is 32.3 Å². The van der Waals surface area contributed by atoms with Crippen LogP contribution in [0.3, 0.4) is 0 Å². The molecule has 0 aliphatic rings.